The van der Waals surface area contributed by atoms with Crippen molar-refractivity contribution in [3.8, 4) is 0 Å². The summed E-state index contributed by atoms with van der Waals surface area (Å²) in [6.07, 6.45) is 0. The molecule has 5 nitrogen and oxygen atoms in total. The van der Waals surface area contributed by atoms with Gasteiger partial charge >= 0.3 is 0 Å². The molecule has 0 radical (unpaired) electrons. The van der Waals surface area contributed by atoms with E-state index in [0.29, 0.717) is 15.9 Å². The molecule has 2 heterocycles. The van der Waals surface area contributed by atoms with Crippen molar-refractivity contribution in [2.24, 2.45) is 0 Å². The highest BCUT2D eigenvalue weighted by molar-refractivity contribution is 6.32. The van der Waals surface area contributed by atoms with Crippen molar-refractivity contribution >= 4 is 46.4 Å². The summed E-state index contributed by atoms with van der Waals surface area (Å²) < 4.78 is 0. The van der Waals surface area contributed by atoms with Crippen molar-refractivity contribution in [2.75, 3.05) is 6.61 Å². The Morgan fingerprint density at radius 1 is 0.905 bits per heavy atom. The molecular formula is C12H12Cl4N4O. The van der Waals surface area contributed by atoms with Gasteiger partial charge in [0.25, 0.3) is 0 Å². The lowest BCUT2D eigenvalue weighted by atomic mass is 9.87. The first kappa shape index (κ1) is 18.3. The van der Waals surface area contributed by atoms with E-state index in [-0.39, 0.29) is 16.9 Å². The standard InChI is InChI=1S/C8H10Cl2N2O.C4H2Cl2N2/c1-8(2,4-13)5-3-6(9)11-12-7(5)10;5-3-1-2-4(6)8-7-3/h3,13H,4H2,1-2H3;1-2H. The minimum absolute atomic E-state index is 0.0191. The second-order valence-corrected chi connectivity index (χ2v) is 6.11. The molecule has 21 heavy (non-hydrogen) atoms. The zero-order valence-electron chi connectivity index (χ0n) is 11.2. The number of aliphatic hydroxyl groups excluding tert-OH is 1. The molecule has 0 unspecified atom stereocenters. The van der Waals surface area contributed by atoms with Crippen LogP contribution in [0.5, 0.6) is 0 Å². The van der Waals surface area contributed by atoms with Crippen LogP contribution >= 0.6 is 46.4 Å². The Bertz CT molecular complexity index is 571. The number of aromatic nitrogens is 4. The zero-order valence-corrected chi connectivity index (χ0v) is 14.2. The third-order valence-electron chi connectivity index (χ3n) is 2.44. The van der Waals surface area contributed by atoms with E-state index in [1.165, 1.54) is 0 Å². The first-order valence-electron chi connectivity index (χ1n) is 5.71. The quantitative estimate of drug-likeness (QED) is 0.870. The van der Waals surface area contributed by atoms with E-state index in [1.54, 1.807) is 18.2 Å². The highest BCUT2D eigenvalue weighted by Crippen LogP contribution is 2.28. The summed E-state index contributed by atoms with van der Waals surface area (Å²) in [6, 6.07) is 4.78. The number of hydrogen-bond donors (Lipinski definition) is 1. The lowest BCUT2D eigenvalue weighted by Crippen LogP contribution is -2.23. The average Bonchev–Trinajstić information content (AvgIpc) is 2.45. The van der Waals surface area contributed by atoms with Gasteiger partial charge in [0, 0.05) is 11.0 Å². The molecular weight excluding hydrogens is 358 g/mol. The minimum Gasteiger partial charge on any atom is -0.395 e. The fraction of sp³-hybridized carbons (Fsp3) is 0.333. The average molecular weight is 370 g/mol. The van der Waals surface area contributed by atoms with Gasteiger partial charge in [-0.2, -0.15) is 0 Å². The van der Waals surface area contributed by atoms with Crippen LogP contribution in [0.4, 0.5) is 0 Å². The molecule has 2 rings (SSSR count). The summed E-state index contributed by atoms with van der Waals surface area (Å²) in [4.78, 5) is 0. The van der Waals surface area contributed by atoms with E-state index in [4.69, 9.17) is 51.5 Å². The van der Waals surface area contributed by atoms with Gasteiger partial charge in [0.2, 0.25) is 0 Å². The van der Waals surface area contributed by atoms with Crippen LogP contribution in [0.3, 0.4) is 0 Å². The van der Waals surface area contributed by atoms with Crippen LogP contribution in [0.1, 0.15) is 19.4 Å². The van der Waals surface area contributed by atoms with Crippen molar-refractivity contribution in [2.45, 2.75) is 19.3 Å². The Morgan fingerprint density at radius 3 is 1.81 bits per heavy atom. The highest BCUT2D eigenvalue weighted by Gasteiger charge is 2.23. The number of hydrogen-bond acceptors (Lipinski definition) is 5. The second kappa shape index (κ2) is 8.06. The fourth-order valence-corrected chi connectivity index (χ4v) is 1.91. The Morgan fingerprint density at radius 2 is 1.38 bits per heavy atom. The maximum Gasteiger partial charge on any atom is 0.155 e. The summed E-state index contributed by atoms with van der Waals surface area (Å²) in [5.74, 6) is 0. The number of aliphatic hydroxyl groups is 1. The molecule has 0 amide bonds. The summed E-state index contributed by atoms with van der Waals surface area (Å²) in [5, 5.41) is 24.6. The maximum atomic E-state index is 9.11. The highest BCUT2D eigenvalue weighted by atomic mass is 35.5. The van der Waals surface area contributed by atoms with E-state index in [1.807, 2.05) is 13.8 Å². The Labute approximate surface area is 142 Å². The van der Waals surface area contributed by atoms with Crippen molar-refractivity contribution in [3.63, 3.8) is 0 Å². The molecule has 0 saturated heterocycles. The molecule has 0 aliphatic rings. The van der Waals surface area contributed by atoms with Gasteiger partial charge in [-0.3, -0.25) is 0 Å². The molecule has 0 atom stereocenters. The van der Waals surface area contributed by atoms with Crippen molar-refractivity contribution < 1.29 is 5.11 Å². The largest absolute Gasteiger partial charge is 0.395 e. The van der Waals surface area contributed by atoms with E-state index in [9.17, 15) is 0 Å². The Kier molecular flexibility index (Phi) is 7.03. The molecule has 114 valence electrons. The molecule has 2 aromatic heterocycles. The van der Waals surface area contributed by atoms with E-state index < -0.39 is 5.41 Å². The SMILES string of the molecule is CC(C)(CO)c1cc(Cl)nnc1Cl.Clc1ccc(Cl)nn1. The zero-order chi connectivity index (χ0) is 16.0. The third kappa shape index (κ3) is 5.88. The molecule has 0 aliphatic carbocycles. The van der Waals surface area contributed by atoms with Gasteiger partial charge in [0.05, 0.1) is 6.61 Å². The monoisotopic (exact) mass is 368 g/mol. The van der Waals surface area contributed by atoms with Crippen LogP contribution in [0.25, 0.3) is 0 Å². The predicted octanol–water partition coefficient (Wildman–Crippen LogP) is 3.84. The first-order chi connectivity index (χ1) is 9.76. The van der Waals surface area contributed by atoms with Crippen LogP contribution in [0.15, 0.2) is 18.2 Å². The fourth-order valence-electron chi connectivity index (χ4n) is 1.21. The van der Waals surface area contributed by atoms with E-state index in [0.717, 1.165) is 0 Å². The lowest BCUT2D eigenvalue weighted by molar-refractivity contribution is 0.218. The molecule has 0 aromatic carbocycles. The van der Waals surface area contributed by atoms with Crippen LogP contribution < -0.4 is 0 Å². The van der Waals surface area contributed by atoms with Crippen LogP contribution in [0, 0.1) is 0 Å². The smallest absolute Gasteiger partial charge is 0.155 e. The summed E-state index contributed by atoms with van der Waals surface area (Å²) in [5.41, 5.74) is 0.257. The molecule has 1 N–H and O–H groups in total. The molecule has 0 saturated carbocycles. The first-order valence-corrected chi connectivity index (χ1v) is 7.22. The Hall–Kier alpha value is -0.720. The van der Waals surface area contributed by atoms with Crippen molar-refractivity contribution in [1.29, 1.82) is 0 Å². The van der Waals surface area contributed by atoms with E-state index >= 15 is 0 Å². The summed E-state index contributed by atoms with van der Waals surface area (Å²) in [6.45, 7) is 3.69. The van der Waals surface area contributed by atoms with Crippen LogP contribution in [-0.4, -0.2) is 32.1 Å². The number of rotatable bonds is 2. The van der Waals surface area contributed by atoms with Crippen molar-refractivity contribution in [3.05, 3.63) is 44.4 Å². The molecule has 9 heteroatoms. The van der Waals surface area contributed by atoms with Gasteiger partial charge in [-0.1, -0.05) is 60.3 Å². The van der Waals surface area contributed by atoms with Gasteiger partial charge < -0.3 is 5.11 Å². The van der Waals surface area contributed by atoms with Gasteiger partial charge in [-0.05, 0) is 18.2 Å². The third-order valence-corrected chi connectivity index (χ3v) is 3.31. The topological polar surface area (TPSA) is 71.8 Å². The number of halogens is 4. The van der Waals surface area contributed by atoms with Gasteiger partial charge in [-0.15, -0.1) is 20.4 Å². The molecule has 0 spiro atoms. The lowest BCUT2D eigenvalue weighted by Gasteiger charge is -2.22. The maximum absolute atomic E-state index is 9.11. The second-order valence-electron chi connectivity index (χ2n) is 4.59. The molecule has 2 aromatic rings. The molecule has 0 aliphatic heterocycles. The molecule has 0 bridgehead atoms. The van der Waals surface area contributed by atoms with E-state index in [2.05, 4.69) is 20.4 Å². The summed E-state index contributed by atoms with van der Waals surface area (Å²) >= 11 is 22.2. The van der Waals surface area contributed by atoms with Crippen LogP contribution in [-0.2, 0) is 5.41 Å². The van der Waals surface area contributed by atoms with Crippen LogP contribution in [0.2, 0.25) is 20.6 Å². The van der Waals surface area contributed by atoms with Gasteiger partial charge in [0.1, 0.15) is 0 Å². The number of nitrogens with zero attached hydrogens (tertiary/aromatic N) is 4. The van der Waals surface area contributed by atoms with Crippen molar-refractivity contribution in [1.82, 2.24) is 20.4 Å². The predicted molar refractivity (Wildman–Crippen MR) is 84.2 cm³/mol. The van der Waals surface area contributed by atoms with Gasteiger partial charge in [-0.25, -0.2) is 0 Å². The Balaban J connectivity index is 0.000000235. The van der Waals surface area contributed by atoms with Gasteiger partial charge in [0.15, 0.2) is 20.6 Å². The minimum atomic E-state index is -0.448. The normalized spacial score (nSPS) is 10.8. The summed E-state index contributed by atoms with van der Waals surface area (Å²) in [7, 11) is 0. The molecule has 0 fully saturated rings.